The van der Waals surface area contributed by atoms with Crippen molar-refractivity contribution in [2.24, 2.45) is 10.9 Å². The van der Waals surface area contributed by atoms with E-state index in [1.807, 2.05) is 0 Å². The highest BCUT2D eigenvalue weighted by Crippen LogP contribution is 2.13. The number of sulfonamides is 1. The van der Waals surface area contributed by atoms with E-state index in [4.69, 9.17) is 0 Å². The predicted octanol–water partition coefficient (Wildman–Crippen LogP) is 1.93. The van der Waals surface area contributed by atoms with Gasteiger partial charge in [-0.05, 0) is 18.8 Å². The molecule has 3 N–H and O–H groups in total. The zero-order valence-electron chi connectivity index (χ0n) is 14.3. The summed E-state index contributed by atoms with van der Waals surface area (Å²) >= 11 is 0. The number of nitrogens with one attached hydrogen (secondary N) is 3. The van der Waals surface area contributed by atoms with Gasteiger partial charge in [0.25, 0.3) is 0 Å². The zero-order chi connectivity index (χ0) is 16.1. The van der Waals surface area contributed by atoms with Crippen molar-refractivity contribution in [2.75, 3.05) is 32.9 Å². The molecule has 0 rings (SSSR count). The first-order chi connectivity index (χ1) is 9.92. The fraction of sp³-hybridized carbons (Fsp3) is 0.929. The summed E-state index contributed by atoms with van der Waals surface area (Å²) in [7, 11) is -1.40. The maximum atomic E-state index is 10.9. The van der Waals surface area contributed by atoms with E-state index >= 15 is 0 Å². The number of rotatable bonds is 11. The molecule has 0 radical (unpaired) electrons. The first-order valence-corrected chi connectivity index (χ1v) is 9.71. The topological polar surface area (TPSA) is 82.6 Å². The quantitative estimate of drug-likeness (QED) is 0.195. The van der Waals surface area contributed by atoms with Gasteiger partial charge < -0.3 is 10.6 Å². The van der Waals surface area contributed by atoms with Crippen LogP contribution in [0.25, 0.3) is 0 Å². The third-order valence-electron chi connectivity index (χ3n) is 3.23. The first kappa shape index (κ1) is 24.2. The minimum Gasteiger partial charge on any atom is -0.356 e. The Morgan fingerprint density at radius 1 is 1.09 bits per heavy atom. The molecule has 0 bridgehead atoms. The highest BCUT2D eigenvalue weighted by molar-refractivity contribution is 14.0. The lowest BCUT2D eigenvalue weighted by atomic mass is 9.97. The van der Waals surface area contributed by atoms with E-state index in [0.29, 0.717) is 19.0 Å². The second-order valence-corrected chi connectivity index (χ2v) is 7.18. The molecule has 1 atom stereocenters. The Hall–Kier alpha value is -0.0900. The van der Waals surface area contributed by atoms with Crippen LogP contribution in [0.2, 0.25) is 0 Å². The van der Waals surface area contributed by atoms with Crippen molar-refractivity contribution in [1.29, 1.82) is 0 Å². The first-order valence-electron chi connectivity index (χ1n) is 7.82. The lowest BCUT2D eigenvalue weighted by molar-refractivity contribution is 0.423. The molecule has 0 saturated carbocycles. The van der Waals surface area contributed by atoms with Gasteiger partial charge in [0.15, 0.2) is 5.96 Å². The highest BCUT2D eigenvalue weighted by Gasteiger charge is 2.08. The van der Waals surface area contributed by atoms with Crippen LogP contribution in [0.15, 0.2) is 4.99 Å². The average Bonchev–Trinajstić information content (AvgIpc) is 2.42. The molecule has 0 saturated heterocycles. The van der Waals surface area contributed by atoms with Crippen LogP contribution in [0.3, 0.4) is 0 Å². The van der Waals surface area contributed by atoms with Gasteiger partial charge in [0.05, 0.1) is 6.26 Å². The normalized spacial score (nSPS) is 13.4. The summed E-state index contributed by atoms with van der Waals surface area (Å²) in [6.45, 7) is 6.20. The minimum absolute atomic E-state index is 0. The van der Waals surface area contributed by atoms with Gasteiger partial charge in [0, 0.05) is 26.7 Å². The molecule has 0 aromatic rings. The Balaban J connectivity index is 0. The number of nitrogens with zero attached hydrogens (tertiary/aromatic N) is 1. The molecule has 8 heteroatoms. The minimum atomic E-state index is -3.12. The van der Waals surface area contributed by atoms with Crippen molar-refractivity contribution in [1.82, 2.24) is 15.4 Å². The molecular formula is C14H33IN4O2S. The van der Waals surface area contributed by atoms with Crippen LogP contribution in [-0.4, -0.2) is 47.3 Å². The molecule has 134 valence electrons. The van der Waals surface area contributed by atoms with Crippen LogP contribution >= 0.6 is 24.0 Å². The molecule has 0 aliphatic heterocycles. The number of unbranched alkanes of at least 4 members (excludes halogenated alkanes) is 1. The Bertz CT molecular complexity index is 388. The molecule has 0 fully saturated rings. The Labute approximate surface area is 153 Å². The Kier molecular flexibility index (Phi) is 15.9. The third kappa shape index (κ3) is 14.8. The van der Waals surface area contributed by atoms with Gasteiger partial charge in [-0.25, -0.2) is 13.1 Å². The predicted molar refractivity (Wildman–Crippen MR) is 106 cm³/mol. The number of hydrogen-bond donors (Lipinski definition) is 3. The van der Waals surface area contributed by atoms with Gasteiger partial charge in [-0.3, -0.25) is 4.99 Å². The summed E-state index contributed by atoms with van der Waals surface area (Å²) in [5, 5.41) is 6.43. The van der Waals surface area contributed by atoms with Crippen molar-refractivity contribution in [3.63, 3.8) is 0 Å². The lowest BCUT2D eigenvalue weighted by Gasteiger charge is -2.19. The van der Waals surface area contributed by atoms with Gasteiger partial charge in [-0.2, -0.15) is 0 Å². The van der Waals surface area contributed by atoms with Crippen molar-refractivity contribution in [3.05, 3.63) is 0 Å². The fourth-order valence-electron chi connectivity index (χ4n) is 2.13. The summed E-state index contributed by atoms with van der Waals surface area (Å²) in [4.78, 5) is 4.15. The maximum Gasteiger partial charge on any atom is 0.208 e. The van der Waals surface area contributed by atoms with Crippen LogP contribution in [0.5, 0.6) is 0 Å². The van der Waals surface area contributed by atoms with E-state index in [1.165, 1.54) is 32.1 Å². The summed E-state index contributed by atoms with van der Waals surface area (Å²) in [5.41, 5.74) is 0. The molecule has 1 unspecified atom stereocenters. The summed E-state index contributed by atoms with van der Waals surface area (Å²) in [6.07, 6.45) is 7.30. The molecule has 0 aliphatic rings. The maximum absolute atomic E-state index is 10.9. The fourth-order valence-corrected chi connectivity index (χ4v) is 2.60. The van der Waals surface area contributed by atoms with E-state index in [1.54, 1.807) is 7.05 Å². The van der Waals surface area contributed by atoms with Crippen molar-refractivity contribution in [2.45, 2.75) is 46.0 Å². The Morgan fingerprint density at radius 3 is 2.27 bits per heavy atom. The van der Waals surface area contributed by atoms with Crippen LogP contribution in [-0.2, 0) is 10.0 Å². The van der Waals surface area contributed by atoms with Crippen LogP contribution in [0.1, 0.15) is 46.0 Å². The van der Waals surface area contributed by atoms with E-state index in [0.717, 1.165) is 18.8 Å². The van der Waals surface area contributed by atoms with Crippen LogP contribution in [0.4, 0.5) is 0 Å². The lowest BCUT2D eigenvalue weighted by Crippen LogP contribution is -2.43. The van der Waals surface area contributed by atoms with Gasteiger partial charge in [-0.15, -0.1) is 24.0 Å². The average molecular weight is 448 g/mol. The summed E-state index contributed by atoms with van der Waals surface area (Å²) < 4.78 is 24.3. The molecule has 6 nitrogen and oxygen atoms in total. The second kappa shape index (κ2) is 14.5. The molecule has 0 spiro atoms. The number of guanidine groups is 1. The van der Waals surface area contributed by atoms with Gasteiger partial charge in [-0.1, -0.05) is 33.1 Å². The van der Waals surface area contributed by atoms with E-state index in [9.17, 15) is 8.42 Å². The SMILES string of the molecule is CCCCC(CCC)CNC(=NC)NCCNS(C)(=O)=O.I. The van der Waals surface area contributed by atoms with Gasteiger partial charge in [0.1, 0.15) is 0 Å². The molecular weight excluding hydrogens is 415 g/mol. The van der Waals surface area contributed by atoms with Gasteiger partial charge in [0.2, 0.25) is 10.0 Å². The Morgan fingerprint density at radius 2 is 1.77 bits per heavy atom. The molecule has 0 heterocycles. The standard InChI is InChI=1S/C14H32N4O2S.HI/c1-5-7-9-13(8-6-2)12-17-14(15-3)16-10-11-18-21(4,19)20;/h13,18H,5-12H2,1-4H3,(H2,15,16,17);1H. The molecule has 0 aliphatic carbocycles. The van der Waals surface area contributed by atoms with Crippen molar-refractivity contribution < 1.29 is 8.42 Å². The van der Waals surface area contributed by atoms with Crippen molar-refractivity contribution in [3.8, 4) is 0 Å². The molecule has 0 aromatic heterocycles. The summed E-state index contributed by atoms with van der Waals surface area (Å²) in [5.74, 6) is 1.39. The number of hydrogen-bond acceptors (Lipinski definition) is 3. The largest absolute Gasteiger partial charge is 0.356 e. The van der Waals surface area contributed by atoms with Crippen LogP contribution in [0, 0.1) is 5.92 Å². The van der Waals surface area contributed by atoms with Gasteiger partial charge >= 0.3 is 0 Å². The van der Waals surface area contributed by atoms with E-state index < -0.39 is 10.0 Å². The number of halogens is 1. The smallest absolute Gasteiger partial charge is 0.208 e. The van der Waals surface area contributed by atoms with Crippen LogP contribution < -0.4 is 15.4 Å². The molecule has 0 amide bonds. The zero-order valence-corrected chi connectivity index (χ0v) is 17.5. The monoisotopic (exact) mass is 448 g/mol. The summed E-state index contributed by atoms with van der Waals surface area (Å²) in [6, 6.07) is 0. The van der Waals surface area contributed by atoms with E-state index in [2.05, 4.69) is 34.2 Å². The second-order valence-electron chi connectivity index (χ2n) is 5.34. The number of aliphatic imine (C=N–C) groups is 1. The third-order valence-corrected chi connectivity index (χ3v) is 3.95. The molecule has 22 heavy (non-hydrogen) atoms. The van der Waals surface area contributed by atoms with Crippen molar-refractivity contribution >= 4 is 40.0 Å². The highest BCUT2D eigenvalue weighted by atomic mass is 127. The molecule has 0 aromatic carbocycles. The van der Waals surface area contributed by atoms with E-state index in [-0.39, 0.29) is 24.0 Å².